The lowest BCUT2D eigenvalue weighted by Crippen LogP contribution is -2.33. The van der Waals surface area contributed by atoms with Gasteiger partial charge in [-0.25, -0.2) is 4.98 Å². The molecule has 1 aromatic heterocycles. The smallest absolute Gasteiger partial charge is 0.221 e. The van der Waals surface area contributed by atoms with E-state index in [1.165, 1.54) is 11.8 Å². The van der Waals surface area contributed by atoms with Crippen molar-refractivity contribution >= 4 is 35.1 Å². The summed E-state index contributed by atoms with van der Waals surface area (Å²) in [6, 6.07) is 7.57. The average molecular weight is 351 g/mol. The lowest BCUT2D eigenvalue weighted by molar-refractivity contribution is 0.0613. The molecule has 0 spiro atoms. The van der Waals surface area contributed by atoms with Gasteiger partial charge >= 0.3 is 0 Å². The van der Waals surface area contributed by atoms with Gasteiger partial charge in [0, 0.05) is 22.7 Å². The van der Waals surface area contributed by atoms with Crippen molar-refractivity contribution in [1.29, 1.82) is 0 Å². The van der Waals surface area contributed by atoms with Crippen LogP contribution in [0.25, 0.3) is 0 Å². The molecule has 0 saturated heterocycles. The number of hydrogen-bond acceptors (Lipinski definition) is 6. The molecule has 2 aromatic rings. The van der Waals surface area contributed by atoms with Gasteiger partial charge in [-0.05, 0) is 37.1 Å². The van der Waals surface area contributed by atoms with E-state index in [1.807, 2.05) is 24.3 Å². The van der Waals surface area contributed by atoms with Crippen LogP contribution in [0, 0.1) is 0 Å². The minimum atomic E-state index is -0.651. The fourth-order valence-electron chi connectivity index (χ4n) is 2.67. The second-order valence-corrected chi connectivity index (χ2v) is 7.33. The maximum Gasteiger partial charge on any atom is 0.221 e. The van der Waals surface area contributed by atoms with E-state index in [2.05, 4.69) is 15.3 Å². The van der Waals surface area contributed by atoms with Crippen molar-refractivity contribution < 1.29 is 5.11 Å². The SMILES string of the molecule is Nc1ncc(Sc2ccc(Cl)cc2)c(NCC2(O)CCCC2)n1. The molecule has 0 bridgehead atoms. The number of aliphatic hydroxyl groups is 1. The molecular weight excluding hydrogens is 332 g/mol. The van der Waals surface area contributed by atoms with E-state index in [1.54, 1.807) is 6.20 Å². The van der Waals surface area contributed by atoms with E-state index in [4.69, 9.17) is 17.3 Å². The van der Waals surface area contributed by atoms with Gasteiger partial charge in [0.15, 0.2) is 0 Å². The monoisotopic (exact) mass is 350 g/mol. The van der Waals surface area contributed by atoms with Crippen LogP contribution in [0.3, 0.4) is 0 Å². The highest BCUT2D eigenvalue weighted by Gasteiger charge is 2.31. The largest absolute Gasteiger partial charge is 0.388 e. The van der Waals surface area contributed by atoms with Crippen LogP contribution in [0.15, 0.2) is 40.3 Å². The van der Waals surface area contributed by atoms with Crippen molar-refractivity contribution in [2.45, 2.75) is 41.1 Å². The lowest BCUT2D eigenvalue weighted by atomic mass is 10.0. The summed E-state index contributed by atoms with van der Waals surface area (Å²) in [4.78, 5) is 10.2. The Morgan fingerprint density at radius 2 is 1.96 bits per heavy atom. The van der Waals surface area contributed by atoms with Crippen molar-refractivity contribution in [2.24, 2.45) is 0 Å². The molecule has 0 amide bonds. The third kappa shape index (κ3) is 4.28. The first kappa shape index (κ1) is 16.4. The van der Waals surface area contributed by atoms with Crippen molar-refractivity contribution in [3.8, 4) is 0 Å². The Morgan fingerprint density at radius 3 is 2.65 bits per heavy atom. The third-order valence-electron chi connectivity index (χ3n) is 3.93. The molecule has 122 valence electrons. The van der Waals surface area contributed by atoms with Crippen LogP contribution in [-0.2, 0) is 0 Å². The van der Waals surface area contributed by atoms with E-state index in [0.29, 0.717) is 17.4 Å². The molecule has 1 aromatic carbocycles. The molecule has 7 heteroatoms. The third-order valence-corrected chi connectivity index (χ3v) is 5.21. The van der Waals surface area contributed by atoms with E-state index >= 15 is 0 Å². The van der Waals surface area contributed by atoms with Gasteiger partial charge in [0.05, 0.1) is 10.5 Å². The number of aromatic nitrogens is 2. The first-order valence-corrected chi connectivity index (χ1v) is 8.76. The number of benzene rings is 1. The molecule has 4 N–H and O–H groups in total. The molecule has 1 saturated carbocycles. The molecule has 5 nitrogen and oxygen atoms in total. The summed E-state index contributed by atoms with van der Waals surface area (Å²) in [5.41, 5.74) is 5.06. The Balaban J connectivity index is 1.75. The number of hydrogen-bond donors (Lipinski definition) is 3. The highest BCUT2D eigenvalue weighted by molar-refractivity contribution is 7.99. The first-order chi connectivity index (χ1) is 11.0. The molecular formula is C16H19ClN4OS. The van der Waals surface area contributed by atoms with E-state index in [0.717, 1.165) is 35.5 Å². The second-order valence-electron chi connectivity index (χ2n) is 5.78. The minimum Gasteiger partial charge on any atom is -0.388 e. The maximum atomic E-state index is 10.5. The quantitative estimate of drug-likeness (QED) is 0.764. The summed E-state index contributed by atoms with van der Waals surface area (Å²) in [5.74, 6) is 0.865. The van der Waals surface area contributed by atoms with Gasteiger partial charge in [0.2, 0.25) is 5.95 Å². The van der Waals surface area contributed by atoms with Gasteiger partial charge in [-0.15, -0.1) is 0 Å². The second kappa shape index (κ2) is 6.95. The number of halogens is 1. The highest BCUT2D eigenvalue weighted by Crippen LogP contribution is 2.34. The fourth-order valence-corrected chi connectivity index (χ4v) is 3.65. The highest BCUT2D eigenvalue weighted by atomic mass is 35.5. The average Bonchev–Trinajstić information content (AvgIpc) is 2.97. The summed E-state index contributed by atoms with van der Waals surface area (Å²) in [7, 11) is 0. The number of nitrogens with one attached hydrogen (secondary N) is 1. The molecule has 0 atom stereocenters. The predicted octanol–water partition coefficient (Wildman–Crippen LogP) is 3.58. The van der Waals surface area contributed by atoms with E-state index < -0.39 is 5.60 Å². The van der Waals surface area contributed by atoms with Gasteiger partial charge in [-0.3, -0.25) is 0 Å². The molecule has 0 aliphatic heterocycles. The summed E-state index contributed by atoms with van der Waals surface area (Å²) >= 11 is 7.44. The van der Waals surface area contributed by atoms with Crippen LogP contribution in [0.1, 0.15) is 25.7 Å². The molecule has 1 aliphatic rings. The number of nitrogens with two attached hydrogens (primary N) is 1. The predicted molar refractivity (Wildman–Crippen MR) is 93.9 cm³/mol. The van der Waals surface area contributed by atoms with Crippen molar-refractivity contribution in [1.82, 2.24) is 9.97 Å². The number of anilines is 2. The molecule has 1 fully saturated rings. The van der Waals surface area contributed by atoms with Crippen LogP contribution in [-0.4, -0.2) is 27.2 Å². The van der Waals surface area contributed by atoms with Crippen molar-refractivity contribution in [3.05, 3.63) is 35.5 Å². The minimum absolute atomic E-state index is 0.214. The Morgan fingerprint density at radius 1 is 1.26 bits per heavy atom. The van der Waals surface area contributed by atoms with Gasteiger partial charge in [-0.2, -0.15) is 4.98 Å². The van der Waals surface area contributed by atoms with E-state index in [-0.39, 0.29) is 5.95 Å². The summed E-state index contributed by atoms with van der Waals surface area (Å²) in [5, 5.41) is 14.4. The van der Waals surface area contributed by atoms with Gasteiger partial charge < -0.3 is 16.2 Å². The van der Waals surface area contributed by atoms with Crippen LogP contribution in [0.5, 0.6) is 0 Å². The standard InChI is InChI=1S/C16H19ClN4OS/c17-11-3-5-12(6-4-11)23-13-9-19-15(18)21-14(13)20-10-16(22)7-1-2-8-16/h3-6,9,22H,1-2,7-8,10H2,(H3,18,19,20,21). The summed E-state index contributed by atoms with van der Waals surface area (Å²) < 4.78 is 0. The van der Waals surface area contributed by atoms with Gasteiger partial charge in [-0.1, -0.05) is 36.2 Å². The Hall–Kier alpha value is -1.50. The van der Waals surface area contributed by atoms with Crippen LogP contribution < -0.4 is 11.1 Å². The zero-order chi connectivity index (χ0) is 16.3. The molecule has 1 aliphatic carbocycles. The van der Waals surface area contributed by atoms with Crippen molar-refractivity contribution in [3.63, 3.8) is 0 Å². The fraction of sp³-hybridized carbons (Fsp3) is 0.375. The Labute approximate surface area is 144 Å². The van der Waals surface area contributed by atoms with Gasteiger partial charge in [0.1, 0.15) is 5.82 Å². The Kier molecular flexibility index (Phi) is 4.94. The molecule has 0 radical (unpaired) electrons. The van der Waals surface area contributed by atoms with Crippen molar-refractivity contribution in [2.75, 3.05) is 17.6 Å². The number of rotatable bonds is 5. The molecule has 1 heterocycles. The van der Waals surface area contributed by atoms with Crippen LogP contribution >= 0.6 is 23.4 Å². The van der Waals surface area contributed by atoms with Crippen LogP contribution in [0.4, 0.5) is 11.8 Å². The van der Waals surface area contributed by atoms with Gasteiger partial charge in [0.25, 0.3) is 0 Å². The summed E-state index contributed by atoms with van der Waals surface area (Å²) in [6.45, 7) is 0.470. The van der Waals surface area contributed by atoms with Crippen LogP contribution in [0.2, 0.25) is 5.02 Å². The topological polar surface area (TPSA) is 84.1 Å². The normalized spacial score (nSPS) is 16.4. The molecule has 0 unspecified atom stereocenters. The number of nitrogen functional groups attached to an aromatic ring is 1. The summed E-state index contributed by atoms with van der Waals surface area (Å²) in [6.07, 6.45) is 5.47. The lowest BCUT2D eigenvalue weighted by Gasteiger charge is -2.23. The van der Waals surface area contributed by atoms with E-state index in [9.17, 15) is 5.11 Å². The zero-order valence-corrected chi connectivity index (χ0v) is 14.2. The maximum absolute atomic E-state index is 10.5. The zero-order valence-electron chi connectivity index (χ0n) is 12.6. The first-order valence-electron chi connectivity index (χ1n) is 7.56. The molecule has 23 heavy (non-hydrogen) atoms. The Bertz CT molecular complexity index is 674. The number of nitrogens with zero attached hydrogens (tertiary/aromatic N) is 2. The molecule has 3 rings (SSSR count).